The van der Waals surface area contributed by atoms with Crippen molar-refractivity contribution in [2.45, 2.75) is 6.92 Å². The van der Waals surface area contributed by atoms with Gasteiger partial charge in [-0.2, -0.15) is 0 Å². The van der Waals surface area contributed by atoms with Crippen LogP contribution >= 0.6 is 0 Å². The van der Waals surface area contributed by atoms with Crippen molar-refractivity contribution in [3.63, 3.8) is 0 Å². The summed E-state index contributed by atoms with van der Waals surface area (Å²) in [5, 5.41) is 11.8. The van der Waals surface area contributed by atoms with Crippen molar-refractivity contribution in [3.8, 4) is 0 Å². The molecule has 14 heavy (non-hydrogen) atoms. The van der Waals surface area contributed by atoms with Gasteiger partial charge in [0, 0.05) is 12.7 Å². The van der Waals surface area contributed by atoms with Crippen LogP contribution in [0.5, 0.6) is 0 Å². The number of aromatic carboxylic acids is 1. The zero-order chi connectivity index (χ0) is 10.6. The van der Waals surface area contributed by atoms with E-state index in [1.54, 1.807) is 0 Å². The lowest BCUT2D eigenvalue weighted by atomic mass is 10.2. The van der Waals surface area contributed by atoms with Gasteiger partial charge in [0.25, 0.3) is 0 Å². The molecule has 2 N–H and O–H groups in total. The van der Waals surface area contributed by atoms with Crippen LogP contribution in [-0.2, 0) is 0 Å². The van der Waals surface area contributed by atoms with Gasteiger partial charge >= 0.3 is 5.97 Å². The molecule has 0 aliphatic heterocycles. The minimum atomic E-state index is -0.961. The second-order valence-electron chi connectivity index (χ2n) is 3.04. The lowest BCUT2D eigenvalue weighted by Crippen LogP contribution is -2.08. The van der Waals surface area contributed by atoms with Gasteiger partial charge in [0.2, 0.25) is 0 Å². The molecular weight excluding hydrogens is 180 g/mol. The molecule has 0 unspecified atom stereocenters. The third-order valence-corrected chi connectivity index (χ3v) is 1.63. The van der Waals surface area contributed by atoms with Crippen LogP contribution in [0.1, 0.15) is 17.3 Å². The maximum absolute atomic E-state index is 10.8. The summed E-state index contributed by atoms with van der Waals surface area (Å²) in [4.78, 5) is 14.6. The zero-order valence-corrected chi connectivity index (χ0v) is 7.95. The highest BCUT2D eigenvalue weighted by atomic mass is 16.4. The summed E-state index contributed by atoms with van der Waals surface area (Å²) in [6.45, 7) is 6.13. The van der Waals surface area contributed by atoms with E-state index in [1.165, 1.54) is 18.5 Å². The van der Waals surface area contributed by atoms with E-state index in [0.717, 1.165) is 5.57 Å². The SMILES string of the molecule is C=C(C)CNc1cnccc1C(=O)O. The van der Waals surface area contributed by atoms with Gasteiger partial charge in [0.05, 0.1) is 17.4 Å². The first-order valence-electron chi connectivity index (χ1n) is 4.17. The van der Waals surface area contributed by atoms with E-state index in [9.17, 15) is 4.79 Å². The van der Waals surface area contributed by atoms with Gasteiger partial charge in [0.15, 0.2) is 0 Å². The van der Waals surface area contributed by atoms with E-state index in [1.807, 2.05) is 6.92 Å². The predicted molar refractivity (Wildman–Crippen MR) is 54.5 cm³/mol. The molecule has 74 valence electrons. The molecule has 1 aromatic rings. The summed E-state index contributed by atoms with van der Waals surface area (Å²) in [6, 6.07) is 1.46. The Morgan fingerprint density at radius 2 is 2.43 bits per heavy atom. The maximum atomic E-state index is 10.8. The van der Waals surface area contributed by atoms with E-state index in [2.05, 4.69) is 16.9 Å². The number of pyridine rings is 1. The fourth-order valence-electron chi connectivity index (χ4n) is 0.968. The molecule has 0 aromatic carbocycles. The number of hydrogen-bond acceptors (Lipinski definition) is 3. The van der Waals surface area contributed by atoms with E-state index < -0.39 is 5.97 Å². The number of carboxylic acids is 1. The van der Waals surface area contributed by atoms with Crippen molar-refractivity contribution in [1.82, 2.24) is 4.98 Å². The molecule has 1 aromatic heterocycles. The van der Waals surface area contributed by atoms with Crippen molar-refractivity contribution < 1.29 is 9.90 Å². The van der Waals surface area contributed by atoms with Crippen LogP contribution in [0.15, 0.2) is 30.6 Å². The number of anilines is 1. The fraction of sp³-hybridized carbons (Fsp3) is 0.200. The number of rotatable bonds is 4. The molecule has 0 atom stereocenters. The van der Waals surface area contributed by atoms with Crippen LogP contribution in [0.2, 0.25) is 0 Å². The Kier molecular flexibility index (Phi) is 3.23. The molecule has 0 spiro atoms. The smallest absolute Gasteiger partial charge is 0.337 e. The molecule has 1 rings (SSSR count). The Balaban J connectivity index is 2.84. The van der Waals surface area contributed by atoms with Crippen LogP contribution in [0, 0.1) is 0 Å². The number of nitrogens with zero attached hydrogens (tertiary/aromatic N) is 1. The molecule has 4 heteroatoms. The Labute approximate surface area is 82.3 Å². The monoisotopic (exact) mass is 192 g/mol. The molecule has 0 aliphatic rings. The summed E-state index contributed by atoms with van der Waals surface area (Å²) >= 11 is 0. The highest BCUT2D eigenvalue weighted by Gasteiger charge is 2.08. The van der Waals surface area contributed by atoms with E-state index in [0.29, 0.717) is 12.2 Å². The Hall–Kier alpha value is -1.84. The first kappa shape index (κ1) is 10.2. The van der Waals surface area contributed by atoms with Crippen LogP contribution in [0.4, 0.5) is 5.69 Å². The van der Waals surface area contributed by atoms with Crippen molar-refractivity contribution in [1.29, 1.82) is 0 Å². The standard InChI is InChI=1S/C10H12N2O2/c1-7(2)5-12-9-6-11-4-3-8(9)10(13)14/h3-4,6,12H,1,5H2,2H3,(H,13,14). The van der Waals surface area contributed by atoms with Crippen LogP contribution in [-0.4, -0.2) is 22.6 Å². The third-order valence-electron chi connectivity index (χ3n) is 1.63. The minimum absolute atomic E-state index is 0.223. The van der Waals surface area contributed by atoms with Crippen LogP contribution < -0.4 is 5.32 Å². The van der Waals surface area contributed by atoms with E-state index in [4.69, 9.17) is 5.11 Å². The summed E-state index contributed by atoms with van der Waals surface area (Å²) in [5.41, 5.74) is 1.68. The van der Waals surface area contributed by atoms with Crippen molar-refractivity contribution >= 4 is 11.7 Å². The molecule has 0 bridgehead atoms. The lowest BCUT2D eigenvalue weighted by molar-refractivity contribution is 0.0698. The van der Waals surface area contributed by atoms with Gasteiger partial charge < -0.3 is 10.4 Å². The maximum Gasteiger partial charge on any atom is 0.337 e. The van der Waals surface area contributed by atoms with Crippen molar-refractivity contribution in [3.05, 3.63) is 36.2 Å². The fourth-order valence-corrected chi connectivity index (χ4v) is 0.968. The van der Waals surface area contributed by atoms with Gasteiger partial charge in [-0.3, -0.25) is 4.98 Å². The van der Waals surface area contributed by atoms with Gasteiger partial charge in [-0.15, -0.1) is 0 Å². The summed E-state index contributed by atoms with van der Waals surface area (Å²) in [7, 11) is 0. The van der Waals surface area contributed by atoms with E-state index in [-0.39, 0.29) is 5.56 Å². The van der Waals surface area contributed by atoms with Crippen LogP contribution in [0.25, 0.3) is 0 Å². The Bertz CT molecular complexity index is 361. The first-order chi connectivity index (χ1) is 6.61. The number of carboxylic acid groups (broad SMARTS) is 1. The second kappa shape index (κ2) is 4.41. The molecule has 0 aliphatic carbocycles. The summed E-state index contributed by atoms with van der Waals surface area (Å²) < 4.78 is 0. The molecular formula is C10H12N2O2. The second-order valence-corrected chi connectivity index (χ2v) is 3.04. The Morgan fingerprint density at radius 3 is 3.00 bits per heavy atom. The zero-order valence-electron chi connectivity index (χ0n) is 7.95. The number of carbonyl (C=O) groups is 1. The first-order valence-corrected chi connectivity index (χ1v) is 4.17. The van der Waals surface area contributed by atoms with Crippen molar-refractivity contribution in [2.75, 3.05) is 11.9 Å². The van der Waals surface area contributed by atoms with Gasteiger partial charge in [-0.1, -0.05) is 12.2 Å². The molecule has 0 radical (unpaired) electrons. The highest BCUT2D eigenvalue weighted by Crippen LogP contribution is 2.13. The molecule has 4 nitrogen and oxygen atoms in total. The number of hydrogen-bond donors (Lipinski definition) is 2. The van der Waals surface area contributed by atoms with Gasteiger partial charge in [-0.05, 0) is 13.0 Å². The van der Waals surface area contributed by atoms with Gasteiger partial charge in [-0.25, -0.2) is 4.79 Å². The number of aromatic nitrogens is 1. The molecule has 0 fully saturated rings. The predicted octanol–water partition coefficient (Wildman–Crippen LogP) is 1.77. The average molecular weight is 192 g/mol. The van der Waals surface area contributed by atoms with Crippen molar-refractivity contribution in [2.24, 2.45) is 0 Å². The average Bonchev–Trinajstić information content (AvgIpc) is 2.15. The molecule has 0 saturated heterocycles. The minimum Gasteiger partial charge on any atom is -0.478 e. The molecule has 0 saturated carbocycles. The number of nitrogens with one attached hydrogen (secondary N) is 1. The molecule has 0 amide bonds. The third kappa shape index (κ3) is 2.58. The highest BCUT2D eigenvalue weighted by molar-refractivity contribution is 5.93. The van der Waals surface area contributed by atoms with Gasteiger partial charge in [0.1, 0.15) is 0 Å². The lowest BCUT2D eigenvalue weighted by Gasteiger charge is -2.07. The van der Waals surface area contributed by atoms with E-state index >= 15 is 0 Å². The Morgan fingerprint density at radius 1 is 1.71 bits per heavy atom. The topological polar surface area (TPSA) is 62.2 Å². The largest absolute Gasteiger partial charge is 0.478 e. The summed E-state index contributed by atoms with van der Waals surface area (Å²) in [6.07, 6.45) is 2.95. The normalized spacial score (nSPS) is 9.50. The quantitative estimate of drug-likeness (QED) is 0.713. The molecule has 1 heterocycles. The summed E-state index contributed by atoms with van der Waals surface area (Å²) in [5.74, 6) is -0.961. The van der Waals surface area contributed by atoms with Crippen LogP contribution in [0.3, 0.4) is 0 Å².